The zero-order chi connectivity index (χ0) is 19.1. The lowest BCUT2D eigenvalue weighted by atomic mass is 9.95. The summed E-state index contributed by atoms with van der Waals surface area (Å²) in [7, 11) is 0. The average molecular weight is 453 g/mol. The topological polar surface area (TPSA) is 30.5 Å². The summed E-state index contributed by atoms with van der Waals surface area (Å²) in [4.78, 5) is 0. The molecular formula is C22H27BrClNO2. The van der Waals surface area contributed by atoms with E-state index >= 15 is 0 Å². The monoisotopic (exact) mass is 451 g/mol. The molecule has 1 saturated carbocycles. The third-order valence-electron chi connectivity index (χ3n) is 4.84. The first-order valence-corrected chi connectivity index (χ1v) is 10.9. The molecule has 0 heterocycles. The molecule has 0 unspecified atom stereocenters. The molecule has 0 aromatic heterocycles. The second-order valence-corrected chi connectivity index (χ2v) is 8.26. The molecule has 0 spiro atoms. The van der Waals surface area contributed by atoms with Crippen LogP contribution in [0, 0.1) is 0 Å². The van der Waals surface area contributed by atoms with Crippen LogP contribution in [0.3, 0.4) is 0 Å². The highest BCUT2D eigenvalue weighted by Gasteiger charge is 2.15. The van der Waals surface area contributed by atoms with Gasteiger partial charge < -0.3 is 14.8 Å². The minimum absolute atomic E-state index is 0.443. The van der Waals surface area contributed by atoms with Crippen molar-refractivity contribution in [3.63, 3.8) is 0 Å². The highest BCUT2D eigenvalue weighted by molar-refractivity contribution is 9.10. The molecule has 5 heteroatoms. The van der Waals surface area contributed by atoms with Crippen LogP contribution in [-0.2, 0) is 13.2 Å². The van der Waals surface area contributed by atoms with Crippen LogP contribution in [0.1, 0.15) is 50.2 Å². The smallest absolute Gasteiger partial charge is 0.175 e. The van der Waals surface area contributed by atoms with E-state index in [1.165, 1.54) is 37.7 Å². The molecule has 0 bridgehead atoms. The number of nitrogens with one attached hydrogen (secondary N) is 1. The minimum atomic E-state index is 0.443. The van der Waals surface area contributed by atoms with Crippen molar-refractivity contribution in [2.75, 3.05) is 6.61 Å². The third-order valence-corrected chi connectivity index (χ3v) is 5.67. The SMILES string of the molecule is CCOc1cc(CNC2CCCCC2)cc(Br)c1OCc1cccc(Cl)c1. The molecular weight excluding hydrogens is 426 g/mol. The quantitative estimate of drug-likeness (QED) is 0.495. The van der Waals surface area contributed by atoms with Crippen molar-refractivity contribution in [2.24, 2.45) is 0 Å². The van der Waals surface area contributed by atoms with Crippen LogP contribution in [-0.4, -0.2) is 12.6 Å². The van der Waals surface area contributed by atoms with Crippen molar-refractivity contribution in [1.82, 2.24) is 5.32 Å². The number of hydrogen-bond donors (Lipinski definition) is 1. The predicted octanol–water partition coefficient (Wildman–Crippen LogP) is 6.50. The van der Waals surface area contributed by atoms with Gasteiger partial charge in [0.25, 0.3) is 0 Å². The number of ether oxygens (including phenoxy) is 2. The Morgan fingerprint density at radius 3 is 2.63 bits per heavy atom. The van der Waals surface area contributed by atoms with Crippen molar-refractivity contribution < 1.29 is 9.47 Å². The summed E-state index contributed by atoms with van der Waals surface area (Å²) in [6.07, 6.45) is 6.60. The number of rotatable bonds is 8. The van der Waals surface area contributed by atoms with E-state index in [1.807, 2.05) is 31.2 Å². The normalized spacial score (nSPS) is 14.9. The Morgan fingerprint density at radius 1 is 1.07 bits per heavy atom. The molecule has 1 N–H and O–H groups in total. The van der Waals surface area contributed by atoms with Gasteiger partial charge in [-0.3, -0.25) is 0 Å². The molecule has 0 aliphatic heterocycles. The highest BCUT2D eigenvalue weighted by Crippen LogP contribution is 2.37. The second kappa shape index (κ2) is 10.4. The van der Waals surface area contributed by atoms with Gasteiger partial charge in [0.1, 0.15) is 6.61 Å². The first kappa shape index (κ1) is 20.5. The molecule has 27 heavy (non-hydrogen) atoms. The molecule has 0 saturated heterocycles. The first-order valence-electron chi connectivity index (χ1n) is 9.71. The fraction of sp³-hybridized carbons (Fsp3) is 0.455. The Labute approximate surface area is 175 Å². The third kappa shape index (κ3) is 6.13. The Hall–Kier alpha value is -1.23. The molecule has 1 aliphatic rings. The summed E-state index contributed by atoms with van der Waals surface area (Å²) < 4.78 is 12.8. The molecule has 2 aromatic carbocycles. The molecule has 3 nitrogen and oxygen atoms in total. The van der Waals surface area contributed by atoms with E-state index in [4.69, 9.17) is 21.1 Å². The van der Waals surface area contributed by atoms with E-state index < -0.39 is 0 Å². The fourth-order valence-corrected chi connectivity index (χ4v) is 4.29. The van der Waals surface area contributed by atoms with Gasteiger partial charge in [0.05, 0.1) is 11.1 Å². The predicted molar refractivity (Wildman–Crippen MR) is 115 cm³/mol. The van der Waals surface area contributed by atoms with E-state index in [1.54, 1.807) is 0 Å². The molecule has 0 radical (unpaired) electrons. The molecule has 1 fully saturated rings. The maximum atomic E-state index is 6.06. The molecule has 146 valence electrons. The van der Waals surface area contributed by atoms with Gasteiger partial charge in [-0.25, -0.2) is 0 Å². The maximum absolute atomic E-state index is 6.06. The molecule has 3 rings (SSSR count). The van der Waals surface area contributed by atoms with Crippen molar-refractivity contribution in [3.05, 3.63) is 57.0 Å². The van der Waals surface area contributed by atoms with E-state index in [0.717, 1.165) is 28.1 Å². The van der Waals surface area contributed by atoms with Crippen LogP contribution in [0.15, 0.2) is 40.9 Å². The van der Waals surface area contributed by atoms with Crippen LogP contribution in [0.2, 0.25) is 5.02 Å². The van der Waals surface area contributed by atoms with Crippen molar-refractivity contribution >= 4 is 27.5 Å². The zero-order valence-corrected chi connectivity index (χ0v) is 18.1. The number of halogens is 2. The van der Waals surface area contributed by atoms with Crippen molar-refractivity contribution in [1.29, 1.82) is 0 Å². The lowest BCUT2D eigenvalue weighted by Crippen LogP contribution is -2.30. The van der Waals surface area contributed by atoms with Gasteiger partial charge in [0.2, 0.25) is 0 Å². The summed E-state index contributed by atoms with van der Waals surface area (Å²) in [5.74, 6) is 1.51. The van der Waals surface area contributed by atoms with Gasteiger partial charge in [-0.1, -0.05) is 43.0 Å². The van der Waals surface area contributed by atoms with Crippen molar-refractivity contribution in [3.8, 4) is 11.5 Å². The maximum Gasteiger partial charge on any atom is 0.175 e. The molecule has 2 aromatic rings. The molecule has 0 atom stereocenters. The Bertz CT molecular complexity index is 747. The second-order valence-electron chi connectivity index (χ2n) is 6.97. The summed E-state index contributed by atoms with van der Waals surface area (Å²) in [6, 6.07) is 12.5. The number of hydrogen-bond acceptors (Lipinski definition) is 3. The summed E-state index contributed by atoms with van der Waals surface area (Å²) in [6.45, 7) is 3.87. The van der Waals surface area contributed by atoms with Crippen LogP contribution in [0.4, 0.5) is 0 Å². The standard InChI is InChI=1S/C22H27BrClNO2/c1-2-26-21-13-17(14-25-19-9-4-3-5-10-19)12-20(23)22(21)27-15-16-7-6-8-18(24)11-16/h6-8,11-13,19,25H,2-5,9-10,14-15H2,1H3. The van der Waals surface area contributed by atoms with E-state index in [0.29, 0.717) is 24.3 Å². The van der Waals surface area contributed by atoms with Gasteiger partial charge in [0.15, 0.2) is 11.5 Å². The van der Waals surface area contributed by atoms with Gasteiger partial charge in [-0.05, 0) is 71.1 Å². The summed E-state index contributed by atoms with van der Waals surface area (Å²) >= 11 is 9.73. The largest absolute Gasteiger partial charge is 0.490 e. The molecule has 1 aliphatic carbocycles. The van der Waals surface area contributed by atoms with Gasteiger partial charge in [-0.2, -0.15) is 0 Å². The Morgan fingerprint density at radius 2 is 1.89 bits per heavy atom. The van der Waals surface area contributed by atoms with Gasteiger partial charge in [-0.15, -0.1) is 0 Å². The number of benzene rings is 2. The van der Waals surface area contributed by atoms with Gasteiger partial charge in [0, 0.05) is 17.6 Å². The van der Waals surface area contributed by atoms with Gasteiger partial charge >= 0.3 is 0 Å². The van der Waals surface area contributed by atoms with E-state index in [9.17, 15) is 0 Å². The summed E-state index contributed by atoms with van der Waals surface area (Å²) in [5.41, 5.74) is 2.23. The fourth-order valence-electron chi connectivity index (χ4n) is 3.48. The van der Waals surface area contributed by atoms with Crippen LogP contribution >= 0.6 is 27.5 Å². The summed E-state index contributed by atoms with van der Waals surface area (Å²) in [5, 5.41) is 4.40. The lowest BCUT2D eigenvalue weighted by Gasteiger charge is -2.23. The van der Waals surface area contributed by atoms with Crippen LogP contribution in [0.5, 0.6) is 11.5 Å². The average Bonchev–Trinajstić information content (AvgIpc) is 2.67. The Kier molecular flexibility index (Phi) is 7.86. The Balaban J connectivity index is 1.69. The zero-order valence-electron chi connectivity index (χ0n) is 15.8. The minimum Gasteiger partial charge on any atom is -0.490 e. The first-order chi connectivity index (χ1) is 13.2. The highest BCUT2D eigenvalue weighted by atomic mass is 79.9. The van der Waals surface area contributed by atoms with Crippen LogP contribution < -0.4 is 14.8 Å². The van der Waals surface area contributed by atoms with Crippen molar-refractivity contribution in [2.45, 2.75) is 58.2 Å². The van der Waals surface area contributed by atoms with E-state index in [2.05, 4.69) is 33.4 Å². The molecule has 0 amide bonds. The lowest BCUT2D eigenvalue weighted by molar-refractivity contribution is 0.267. The van der Waals surface area contributed by atoms with E-state index in [-0.39, 0.29) is 0 Å². The van der Waals surface area contributed by atoms with Crippen LogP contribution in [0.25, 0.3) is 0 Å².